The number of benzene rings is 1. The number of hydrazine groups is 1. The van der Waals surface area contributed by atoms with Crippen molar-refractivity contribution in [3.05, 3.63) is 27.2 Å². The van der Waals surface area contributed by atoms with E-state index in [-0.39, 0.29) is 0 Å². The van der Waals surface area contributed by atoms with Crippen LogP contribution in [0, 0.1) is 0 Å². The maximum atomic E-state index is 11.3. The van der Waals surface area contributed by atoms with Gasteiger partial charge in [0, 0.05) is 10.5 Å². The number of carbonyl (C=O) groups excluding carboxylic acids is 1. The topological polar surface area (TPSA) is 64.3 Å². The molecule has 1 rings (SSSR count). The van der Waals surface area contributed by atoms with Gasteiger partial charge in [0.05, 0.1) is 17.7 Å². The normalized spacial score (nSPS) is 9.71. The molecular formula is C8H8BrClN2O2. The van der Waals surface area contributed by atoms with E-state index in [0.717, 1.165) is 0 Å². The highest BCUT2D eigenvalue weighted by Crippen LogP contribution is 2.30. The van der Waals surface area contributed by atoms with Crippen LogP contribution >= 0.6 is 27.5 Å². The average molecular weight is 280 g/mol. The van der Waals surface area contributed by atoms with Crippen molar-refractivity contribution < 1.29 is 9.53 Å². The fourth-order valence-corrected chi connectivity index (χ4v) is 1.45. The Morgan fingerprint density at radius 3 is 2.79 bits per heavy atom. The van der Waals surface area contributed by atoms with Crippen LogP contribution in [-0.2, 0) is 0 Å². The molecule has 1 aromatic rings. The zero-order valence-electron chi connectivity index (χ0n) is 7.30. The number of nitrogens with two attached hydrogens (primary N) is 1. The number of hydrogen-bond donors (Lipinski definition) is 2. The van der Waals surface area contributed by atoms with Gasteiger partial charge >= 0.3 is 0 Å². The van der Waals surface area contributed by atoms with Gasteiger partial charge in [-0.25, -0.2) is 5.84 Å². The zero-order valence-corrected chi connectivity index (χ0v) is 9.65. The highest BCUT2D eigenvalue weighted by Gasteiger charge is 2.13. The van der Waals surface area contributed by atoms with Crippen molar-refractivity contribution in [3.8, 4) is 5.75 Å². The summed E-state index contributed by atoms with van der Waals surface area (Å²) in [5.74, 6) is 4.96. The van der Waals surface area contributed by atoms with Crippen molar-refractivity contribution in [2.24, 2.45) is 5.84 Å². The molecule has 0 aliphatic carbocycles. The summed E-state index contributed by atoms with van der Waals surface area (Å²) in [4.78, 5) is 11.3. The molecule has 0 atom stereocenters. The Morgan fingerprint density at radius 1 is 1.64 bits per heavy atom. The van der Waals surface area contributed by atoms with Gasteiger partial charge in [-0.05, 0) is 22.0 Å². The van der Waals surface area contributed by atoms with E-state index in [9.17, 15) is 4.79 Å². The molecule has 3 N–H and O–H groups in total. The molecule has 0 saturated heterocycles. The van der Waals surface area contributed by atoms with Crippen LogP contribution in [0.15, 0.2) is 16.6 Å². The molecule has 76 valence electrons. The van der Waals surface area contributed by atoms with Gasteiger partial charge in [0.15, 0.2) is 0 Å². The van der Waals surface area contributed by atoms with Gasteiger partial charge in [0.25, 0.3) is 5.91 Å². The van der Waals surface area contributed by atoms with Crippen molar-refractivity contribution in [1.82, 2.24) is 5.43 Å². The summed E-state index contributed by atoms with van der Waals surface area (Å²) in [5.41, 5.74) is 2.35. The zero-order chi connectivity index (χ0) is 10.7. The maximum Gasteiger partial charge on any atom is 0.268 e. The van der Waals surface area contributed by atoms with Crippen molar-refractivity contribution in [2.45, 2.75) is 0 Å². The second kappa shape index (κ2) is 4.63. The van der Waals surface area contributed by atoms with Gasteiger partial charge in [-0.1, -0.05) is 11.6 Å². The van der Waals surface area contributed by atoms with Crippen LogP contribution < -0.4 is 16.0 Å². The van der Waals surface area contributed by atoms with Gasteiger partial charge < -0.3 is 4.74 Å². The Hall–Kier alpha value is -0.780. The standard InChI is InChI=1S/C8H8BrClN2O2/c1-14-7-3-6(10)5(9)2-4(7)8(13)12-11/h2-3H,11H2,1H3,(H,12,13). The number of ether oxygens (including phenoxy) is 1. The van der Waals surface area contributed by atoms with Crippen molar-refractivity contribution >= 4 is 33.4 Å². The molecular weight excluding hydrogens is 271 g/mol. The number of carbonyl (C=O) groups is 1. The van der Waals surface area contributed by atoms with Crippen LogP contribution in [0.1, 0.15) is 10.4 Å². The highest BCUT2D eigenvalue weighted by atomic mass is 79.9. The van der Waals surface area contributed by atoms with Crippen LogP contribution in [0.25, 0.3) is 0 Å². The molecule has 4 nitrogen and oxygen atoms in total. The van der Waals surface area contributed by atoms with Crippen LogP contribution in [0.5, 0.6) is 5.75 Å². The molecule has 0 fully saturated rings. The first-order chi connectivity index (χ1) is 6.60. The van der Waals surface area contributed by atoms with Crippen molar-refractivity contribution in [3.63, 3.8) is 0 Å². The molecule has 0 aliphatic rings. The number of rotatable bonds is 2. The number of nitrogens with one attached hydrogen (secondary N) is 1. The smallest absolute Gasteiger partial charge is 0.268 e. The molecule has 0 aliphatic heterocycles. The lowest BCUT2D eigenvalue weighted by atomic mass is 10.2. The molecule has 0 spiro atoms. The maximum absolute atomic E-state index is 11.3. The first-order valence-corrected chi connectivity index (χ1v) is 4.81. The second-order valence-electron chi connectivity index (χ2n) is 2.44. The average Bonchev–Trinajstić information content (AvgIpc) is 2.20. The lowest BCUT2D eigenvalue weighted by Crippen LogP contribution is -2.30. The summed E-state index contributed by atoms with van der Waals surface area (Å²) in [5, 5.41) is 0.468. The van der Waals surface area contributed by atoms with E-state index in [1.54, 1.807) is 6.07 Å². The molecule has 0 bridgehead atoms. The minimum Gasteiger partial charge on any atom is -0.496 e. The first kappa shape index (κ1) is 11.3. The Morgan fingerprint density at radius 2 is 2.29 bits per heavy atom. The Balaban J connectivity index is 3.27. The van der Waals surface area contributed by atoms with Gasteiger partial charge in [-0.2, -0.15) is 0 Å². The third-order valence-electron chi connectivity index (χ3n) is 1.62. The molecule has 0 radical (unpaired) electrons. The van der Waals surface area contributed by atoms with E-state index in [0.29, 0.717) is 20.8 Å². The van der Waals surface area contributed by atoms with E-state index in [4.69, 9.17) is 22.2 Å². The quantitative estimate of drug-likeness (QED) is 0.492. The predicted octanol–water partition coefficient (Wildman–Crippen LogP) is 1.71. The van der Waals surface area contributed by atoms with E-state index in [1.165, 1.54) is 13.2 Å². The summed E-state index contributed by atoms with van der Waals surface area (Å²) in [6.07, 6.45) is 0. The molecule has 1 amide bonds. The largest absolute Gasteiger partial charge is 0.496 e. The monoisotopic (exact) mass is 278 g/mol. The number of amides is 1. The van der Waals surface area contributed by atoms with Crippen LogP contribution in [0.3, 0.4) is 0 Å². The fourth-order valence-electron chi connectivity index (χ4n) is 0.953. The molecule has 14 heavy (non-hydrogen) atoms. The molecule has 1 aromatic carbocycles. The molecule has 0 heterocycles. The van der Waals surface area contributed by atoms with Crippen LogP contribution in [0.4, 0.5) is 0 Å². The van der Waals surface area contributed by atoms with E-state index in [1.807, 2.05) is 5.43 Å². The summed E-state index contributed by atoms with van der Waals surface area (Å²) >= 11 is 9.02. The Kier molecular flexibility index (Phi) is 3.74. The third-order valence-corrected chi connectivity index (χ3v) is 2.82. The minimum absolute atomic E-state index is 0.325. The van der Waals surface area contributed by atoms with E-state index >= 15 is 0 Å². The van der Waals surface area contributed by atoms with Crippen molar-refractivity contribution in [1.29, 1.82) is 0 Å². The molecule has 0 aromatic heterocycles. The fraction of sp³-hybridized carbons (Fsp3) is 0.125. The Bertz CT molecular complexity index is 371. The predicted molar refractivity (Wildman–Crippen MR) is 57.4 cm³/mol. The number of halogens is 2. The second-order valence-corrected chi connectivity index (χ2v) is 3.70. The van der Waals surface area contributed by atoms with Gasteiger partial charge in [0.1, 0.15) is 5.75 Å². The highest BCUT2D eigenvalue weighted by molar-refractivity contribution is 9.10. The molecule has 0 unspecified atom stereocenters. The molecule has 6 heteroatoms. The minimum atomic E-state index is -0.431. The first-order valence-electron chi connectivity index (χ1n) is 3.64. The van der Waals surface area contributed by atoms with E-state index < -0.39 is 5.91 Å². The number of methoxy groups -OCH3 is 1. The van der Waals surface area contributed by atoms with E-state index in [2.05, 4.69) is 15.9 Å². The van der Waals surface area contributed by atoms with Gasteiger partial charge in [-0.3, -0.25) is 10.2 Å². The van der Waals surface area contributed by atoms with Crippen LogP contribution in [0.2, 0.25) is 5.02 Å². The summed E-state index contributed by atoms with van der Waals surface area (Å²) in [6, 6.07) is 3.08. The lowest BCUT2D eigenvalue weighted by molar-refractivity contribution is 0.0950. The number of hydrogen-bond acceptors (Lipinski definition) is 3. The number of nitrogen functional groups attached to an aromatic ring is 1. The summed E-state index contributed by atoms with van der Waals surface area (Å²) in [7, 11) is 1.45. The van der Waals surface area contributed by atoms with Crippen LogP contribution in [-0.4, -0.2) is 13.0 Å². The summed E-state index contributed by atoms with van der Waals surface area (Å²) < 4.78 is 5.59. The summed E-state index contributed by atoms with van der Waals surface area (Å²) in [6.45, 7) is 0. The van der Waals surface area contributed by atoms with Gasteiger partial charge in [0.2, 0.25) is 0 Å². The lowest BCUT2D eigenvalue weighted by Gasteiger charge is -2.08. The SMILES string of the molecule is COc1cc(Cl)c(Br)cc1C(=O)NN. The van der Waals surface area contributed by atoms with Gasteiger partial charge in [-0.15, -0.1) is 0 Å². The molecule has 0 saturated carbocycles. The Labute approximate surface area is 94.5 Å². The third kappa shape index (κ3) is 2.17. The van der Waals surface area contributed by atoms with Crippen molar-refractivity contribution in [2.75, 3.05) is 7.11 Å².